The molecule has 8 heterocycles. The molecule has 2 atom stereocenters. The number of pyridine rings is 2. The van der Waals surface area contributed by atoms with Crippen LogP contribution >= 0.6 is 12.4 Å². The highest BCUT2D eigenvalue weighted by atomic mass is 35.5. The molecule has 376 valence electrons. The van der Waals surface area contributed by atoms with Gasteiger partial charge in [0.15, 0.2) is 0 Å². The summed E-state index contributed by atoms with van der Waals surface area (Å²) in [5, 5.41) is 48.4. The lowest BCUT2D eigenvalue weighted by molar-refractivity contribution is -0.140. The highest BCUT2D eigenvalue weighted by Crippen LogP contribution is 2.32. The van der Waals surface area contributed by atoms with Crippen molar-refractivity contribution in [2.45, 2.75) is 25.3 Å². The van der Waals surface area contributed by atoms with E-state index in [1.165, 1.54) is 33.3 Å². The monoisotopic (exact) mass is 1010 g/mol. The molecule has 4 aliphatic heterocycles. The average molecular weight is 1020 g/mol. The number of hydrogen-bond donors (Lipinski definition) is 4. The maximum absolute atomic E-state index is 15.0. The summed E-state index contributed by atoms with van der Waals surface area (Å²) in [4.78, 5) is 60.5. The van der Waals surface area contributed by atoms with Gasteiger partial charge < -0.3 is 40.0 Å². The molecule has 0 spiro atoms. The number of halogens is 3. The topological polar surface area (TPSA) is 288 Å². The Morgan fingerprint density at radius 2 is 1.21 bits per heavy atom. The first-order valence-corrected chi connectivity index (χ1v) is 21.7. The summed E-state index contributed by atoms with van der Waals surface area (Å²) in [6.45, 7) is 2.19. The van der Waals surface area contributed by atoms with E-state index in [2.05, 4.69) is 46.2 Å². The minimum absolute atomic E-state index is 0. The Hall–Kier alpha value is -8.69. The molecule has 0 bridgehead atoms. The lowest BCUT2D eigenvalue weighted by atomic mass is 10.1. The van der Waals surface area contributed by atoms with Gasteiger partial charge in [-0.1, -0.05) is 10.4 Å². The second kappa shape index (κ2) is 23.7. The molecule has 25 nitrogen and oxygen atoms in total. The Morgan fingerprint density at radius 3 is 1.58 bits per heavy atom. The number of carbonyl (C=O) groups is 4. The number of aliphatic carboxylic acids is 1. The van der Waals surface area contributed by atoms with Crippen LogP contribution in [0, 0.1) is 11.6 Å². The number of hydrogen-bond acceptors (Lipinski definition) is 19. The van der Waals surface area contributed by atoms with E-state index in [1.54, 1.807) is 94.2 Å². The van der Waals surface area contributed by atoms with Crippen molar-refractivity contribution in [1.82, 2.24) is 50.4 Å². The highest BCUT2D eigenvalue weighted by Gasteiger charge is 2.34. The molecule has 0 aliphatic carbocycles. The SMILES string of the molecule is Cl.O=C(CO)N1CCN(c2ccc(-c3ccc(N4C[C@H](Cn5ccnn5)OC4=O)cc3F)cn2)C=N1.O=C(O)CO.O=C1O[C@@H](Cn2ccnn2)CN1c1ccc(-c2ccc(N3C=NNCC3)nc2)c(F)c1. The number of carboxylic acid groups (broad SMARTS) is 1. The zero-order valence-electron chi connectivity index (χ0n) is 37.8. The molecule has 0 radical (unpaired) electrons. The second-order valence-corrected chi connectivity index (χ2v) is 15.6. The van der Waals surface area contributed by atoms with Crippen LogP contribution in [0.4, 0.5) is 41.4 Å². The van der Waals surface area contributed by atoms with Crippen molar-refractivity contribution >= 4 is 72.2 Å². The fourth-order valence-electron chi connectivity index (χ4n) is 7.44. The van der Waals surface area contributed by atoms with E-state index in [0.717, 1.165) is 18.9 Å². The number of aromatic nitrogens is 8. The molecule has 0 unspecified atom stereocenters. The zero-order valence-corrected chi connectivity index (χ0v) is 38.6. The standard InChI is InChI=1S/C22H21FN8O4.C20H19FN8O2.C2H4O3.ClH/c23-19-9-16(30-12-17(35-22(30)34)11-29-6-5-25-27-29)2-3-18(19)15-1-4-20(24-10-15)28-7-8-31(26-14-28)21(33)13-32;21-18-9-15(29-12-16(31-20(29)30)11-28-8-6-24-26-28)2-3-17(18)14-1-4-19(22-10-14)27-7-5-23-25-13-27;3-1-2(4)5;/h1-6,9-10,14,17,32H,7-8,11-13H2;1-4,6,8-10,13,16,23H,5,7,11-12H2;3H,1H2,(H,4,5);1H/t17-;16-;;/m00../s1. The van der Waals surface area contributed by atoms with Crippen LogP contribution in [0.15, 0.2) is 108 Å². The number of ether oxygens (including phenoxy) is 2. The summed E-state index contributed by atoms with van der Waals surface area (Å²) in [6.07, 6.45) is 10.9. The predicted molar refractivity (Wildman–Crippen MR) is 255 cm³/mol. The molecule has 2 saturated heterocycles. The van der Waals surface area contributed by atoms with Gasteiger partial charge in [0.05, 0.1) is 63.0 Å². The summed E-state index contributed by atoms with van der Waals surface area (Å²) < 4.78 is 43.8. The van der Waals surface area contributed by atoms with Gasteiger partial charge in [-0.25, -0.2) is 47.5 Å². The van der Waals surface area contributed by atoms with Crippen molar-refractivity contribution in [3.05, 3.63) is 109 Å². The van der Waals surface area contributed by atoms with Crippen LogP contribution in [-0.4, -0.2) is 162 Å². The molecule has 4 aromatic heterocycles. The molecular formula is C44H45ClF2N16O9. The van der Waals surface area contributed by atoms with E-state index in [4.69, 9.17) is 29.6 Å². The van der Waals surface area contributed by atoms with Crippen LogP contribution in [0.1, 0.15) is 0 Å². The molecule has 6 aromatic rings. The maximum atomic E-state index is 15.0. The number of aliphatic hydroxyl groups is 2. The average Bonchev–Trinajstić information content (AvgIpc) is 4.25. The smallest absolute Gasteiger partial charge is 0.414 e. The Kier molecular flexibility index (Phi) is 16.9. The first-order chi connectivity index (χ1) is 34.5. The summed E-state index contributed by atoms with van der Waals surface area (Å²) in [5.74, 6) is -1.28. The van der Waals surface area contributed by atoms with Crippen molar-refractivity contribution in [1.29, 1.82) is 0 Å². The van der Waals surface area contributed by atoms with Gasteiger partial charge in [-0.3, -0.25) is 14.6 Å². The van der Waals surface area contributed by atoms with Gasteiger partial charge in [0.1, 0.15) is 61.4 Å². The third kappa shape index (κ3) is 12.5. The molecule has 2 aromatic carbocycles. The number of rotatable bonds is 12. The second-order valence-electron chi connectivity index (χ2n) is 15.6. The van der Waals surface area contributed by atoms with Crippen LogP contribution < -0.4 is 25.0 Å². The number of cyclic esters (lactones) is 2. The third-order valence-corrected chi connectivity index (χ3v) is 10.9. The van der Waals surface area contributed by atoms with Crippen molar-refractivity contribution in [3.8, 4) is 22.3 Å². The van der Waals surface area contributed by atoms with Crippen LogP contribution in [0.25, 0.3) is 22.3 Å². The van der Waals surface area contributed by atoms with Crippen LogP contribution in [0.5, 0.6) is 0 Å². The van der Waals surface area contributed by atoms with E-state index in [-0.39, 0.29) is 25.1 Å². The number of carboxylic acids is 1. The van der Waals surface area contributed by atoms with Crippen molar-refractivity contribution in [2.24, 2.45) is 10.2 Å². The molecule has 72 heavy (non-hydrogen) atoms. The zero-order chi connectivity index (χ0) is 49.9. The molecule has 4 N–H and O–H groups in total. The first-order valence-electron chi connectivity index (χ1n) is 21.7. The van der Waals surface area contributed by atoms with E-state index in [0.29, 0.717) is 72.2 Å². The number of hydrazone groups is 2. The highest BCUT2D eigenvalue weighted by molar-refractivity contribution is 5.91. The van der Waals surface area contributed by atoms with Crippen LogP contribution in [0.3, 0.4) is 0 Å². The Labute approximate surface area is 413 Å². The molecule has 28 heteroatoms. The number of nitrogens with zero attached hydrogens (tertiary/aromatic N) is 15. The van der Waals surface area contributed by atoms with Gasteiger partial charge in [0.25, 0.3) is 5.91 Å². The van der Waals surface area contributed by atoms with E-state index >= 15 is 4.39 Å². The minimum Gasteiger partial charge on any atom is -0.480 e. The van der Waals surface area contributed by atoms with E-state index in [1.807, 2.05) is 17.0 Å². The van der Waals surface area contributed by atoms with Crippen LogP contribution in [0.2, 0.25) is 0 Å². The summed E-state index contributed by atoms with van der Waals surface area (Å²) >= 11 is 0. The quantitative estimate of drug-likeness (QED) is 0.137. The fraction of sp³-hybridized carbons (Fsp3) is 0.273. The number of carbonyl (C=O) groups excluding carboxylic acids is 3. The van der Waals surface area contributed by atoms with Gasteiger partial charge >= 0.3 is 18.2 Å². The summed E-state index contributed by atoms with van der Waals surface area (Å²) in [6, 6.07) is 16.3. The lowest BCUT2D eigenvalue weighted by Crippen LogP contribution is -2.41. The third-order valence-electron chi connectivity index (χ3n) is 10.9. The summed E-state index contributed by atoms with van der Waals surface area (Å²) in [5.41, 5.74) is 5.67. The number of anilines is 4. The van der Waals surface area contributed by atoms with Gasteiger partial charge in [-0.15, -0.1) is 22.6 Å². The van der Waals surface area contributed by atoms with Crippen molar-refractivity contribution in [2.75, 3.05) is 72.1 Å². The number of amides is 3. The Morgan fingerprint density at radius 1 is 0.694 bits per heavy atom. The first kappa shape index (κ1) is 51.2. The largest absolute Gasteiger partial charge is 0.480 e. The fourth-order valence-corrected chi connectivity index (χ4v) is 7.44. The number of nitrogens with one attached hydrogen (secondary N) is 1. The molecule has 2 fully saturated rings. The Bertz CT molecular complexity index is 2870. The molecular weight excluding hydrogens is 970 g/mol. The Balaban J connectivity index is 0.000000192. The molecule has 3 amide bonds. The number of benzene rings is 2. The number of aliphatic hydroxyl groups excluding tert-OH is 2. The minimum atomic E-state index is -1.19. The van der Waals surface area contributed by atoms with Crippen molar-refractivity contribution < 1.29 is 52.8 Å². The molecule has 4 aliphatic rings. The van der Waals surface area contributed by atoms with Gasteiger partial charge in [0, 0.05) is 60.1 Å². The van der Waals surface area contributed by atoms with E-state index < -0.39 is 55.0 Å². The summed E-state index contributed by atoms with van der Waals surface area (Å²) in [7, 11) is 0. The van der Waals surface area contributed by atoms with E-state index in [9.17, 15) is 18.8 Å². The molecule has 0 saturated carbocycles. The van der Waals surface area contributed by atoms with Gasteiger partial charge in [-0.05, 0) is 60.7 Å². The van der Waals surface area contributed by atoms with Gasteiger partial charge in [-0.2, -0.15) is 10.2 Å². The predicted octanol–water partition coefficient (Wildman–Crippen LogP) is 2.43. The maximum Gasteiger partial charge on any atom is 0.414 e. The van der Waals surface area contributed by atoms with Crippen molar-refractivity contribution in [3.63, 3.8) is 0 Å². The normalized spacial score (nSPS) is 17.0. The lowest BCUT2D eigenvalue weighted by Gasteiger charge is -2.27. The van der Waals surface area contributed by atoms with Crippen LogP contribution in [-0.2, 0) is 32.2 Å². The van der Waals surface area contributed by atoms with Gasteiger partial charge in [0.2, 0.25) is 0 Å². The molecule has 10 rings (SSSR count).